The summed E-state index contributed by atoms with van der Waals surface area (Å²) in [5, 5.41) is 20.6. The average molecular weight is 428 g/mol. The van der Waals surface area contributed by atoms with Crippen LogP contribution in [0, 0.1) is 21.3 Å². The zero-order chi connectivity index (χ0) is 22.2. The number of rotatable bonds is 8. The lowest BCUT2D eigenvalue weighted by atomic mass is 10.1. The van der Waals surface area contributed by atoms with Gasteiger partial charge in [0.25, 0.3) is 5.69 Å². The van der Waals surface area contributed by atoms with Crippen LogP contribution < -0.4 is 14.2 Å². The minimum absolute atomic E-state index is 0.00833. The number of non-ortho nitro benzene ring substituents is 1. The number of carboxylic acid groups (broad SMARTS) is 1. The fourth-order valence-corrected chi connectivity index (χ4v) is 3.08. The number of carboxylic acids is 1. The van der Waals surface area contributed by atoms with Gasteiger partial charge in [-0.25, -0.2) is 4.39 Å². The van der Waals surface area contributed by atoms with E-state index in [9.17, 15) is 24.4 Å². The van der Waals surface area contributed by atoms with Crippen molar-refractivity contribution in [3.8, 4) is 23.0 Å². The van der Waals surface area contributed by atoms with Gasteiger partial charge < -0.3 is 19.3 Å². The van der Waals surface area contributed by atoms with E-state index in [1.54, 1.807) is 12.1 Å². The van der Waals surface area contributed by atoms with Crippen molar-refractivity contribution in [3.63, 3.8) is 0 Å². The van der Waals surface area contributed by atoms with E-state index in [0.717, 1.165) is 12.1 Å². The van der Waals surface area contributed by atoms with Crippen molar-refractivity contribution in [1.29, 1.82) is 0 Å². The molecular weight excluding hydrogens is 411 g/mol. The molecule has 1 aromatic heterocycles. The van der Waals surface area contributed by atoms with Gasteiger partial charge in [0.05, 0.1) is 23.6 Å². The highest BCUT2D eigenvalue weighted by Gasteiger charge is 2.51. The van der Waals surface area contributed by atoms with Crippen molar-refractivity contribution >= 4 is 22.6 Å². The highest BCUT2D eigenvalue weighted by atomic mass is 19.1. The van der Waals surface area contributed by atoms with Crippen LogP contribution in [0.25, 0.3) is 10.9 Å². The predicted molar refractivity (Wildman–Crippen MR) is 106 cm³/mol. The van der Waals surface area contributed by atoms with Gasteiger partial charge >= 0.3 is 5.97 Å². The first kappa shape index (κ1) is 20.3. The molecule has 160 valence electrons. The number of carbonyl (C=O) groups is 1. The highest BCUT2D eigenvalue weighted by Crippen LogP contribution is 2.47. The minimum atomic E-state index is -0.897. The molecule has 31 heavy (non-hydrogen) atoms. The summed E-state index contributed by atoms with van der Waals surface area (Å²) in [6, 6.07) is 7.80. The van der Waals surface area contributed by atoms with Gasteiger partial charge in [-0.3, -0.25) is 19.9 Å². The van der Waals surface area contributed by atoms with Crippen molar-refractivity contribution in [2.75, 3.05) is 13.7 Å². The Morgan fingerprint density at radius 1 is 1.19 bits per heavy atom. The van der Waals surface area contributed by atoms with Crippen LogP contribution in [0.3, 0.4) is 0 Å². The summed E-state index contributed by atoms with van der Waals surface area (Å²) in [5.74, 6) is -1.05. The number of pyridine rings is 1. The van der Waals surface area contributed by atoms with Crippen molar-refractivity contribution in [1.82, 2.24) is 4.98 Å². The summed E-state index contributed by atoms with van der Waals surface area (Å²) in [6.45, 7) is 0.00833. The minimum Gasteiger partial charge on any atom is -0.493 e. The fourth-order valence-electron chi connectivity index (χ4n) is 3.08. The number of nitrogens with zero attached hydrogens (tertiary/aromatic N) is 2. The van der Waals surface area contributed by atoms with Crippen LogP contribution in [0.5, 0.6) is 23.0 Å². The Kier molecular flexibility index (Phi) is 5.05. The number of aliphatic carboxylic acids is 1. The molecule has 0 radical (unpaired) electrons. The second kappa shape index (κ2) is 7.71. The Morgan fingerprint density at radius 2 is 1.97 bits per heavy atom. The molecule has 3 aromatic rings. The summed E-state index contributed by atoms with van der Waals surface area (Å²) >= 11 is 0. The van der Waals surface area contributed by atoms with E-state index in [1.807, 2.05) is 0 Å². The molecule has 0 unspecified atom stereocenters. The Bertz CT molecular complexity index is 1190. The SMILES string of the molecule is COc1cc2c(Oc3ccc([N+](=O)[O-])cc3F)ccnc2cc1OCC1(C(=O)O)CC1. The number of methoxy groups -OCH3 is 1. The van der Waals surface area contributed by atoms with Crippen LogP contribution in [-0.4, -0.2) is 34.7 Å². The molecule has 1 saturated carbocycles. The van der Waals surface area contributed by atoms with Gasteiger partial charge in [0.2, 0.25) is 0 Å². The van der Waals surface area contributed by atoms with Gasteiger partial charge in [0.15, 0.2) is 23.1 Å². The number of benzene rings is 2. The second-order valence-corrected chi connectivity index (χ2v) is 7.18. The molecule has 0 saturated heterocycles. The van der Waals surface area contributed by atoms with Crippen LogP contribution >= 0.6 is 0 Å². The van der Waals surface area contributed by atoms with Crippen LogP contribution in [0.15, 0.2) is 42.6 Å². The predicted octanol–water partition coefficient (Wildman–Crippen LogP) is 4.33. The third-order valence-electron chi connectivity index (χ3n) is 5.14. The van der Waals surface area contributed by atoms with Gasteiger partial charge in [-0.1, -0.05) is 0 Å². The van der Waals surface area contributed by atoms with Crippen LogP contribution in [0.1, 0.15) is 12.8 Å². The smallest absolute Gasteiger partial charge is 0.313 e. The summed E-state index contributed by atoms with van der Waals surface area (Å²) in [5.41, 5.74) is -0.801. The molecule has 0 spiro atoms. The molecule has 0 amide bonds. The maximum atomic E-state index is 14.3. The Balaban J connectivity index is 1.65. The highest BCUT2D eigenvalue weighted by molar-refractivity contribution is 5.88. The molecule has 1 aliphatic carbocycles. The Labute approximate surface area is 175 Å². The zero-order valence-corrected chi connectivity index (χ0v) is 16.3. The van der Waals surface area contributed by atoms with Crippen LogP contribution in [-0.2, 0) is 4.79 Å². The first-order chi connectivity index (χ1) is 14.8. The molecule has 1 aliphatic rings. The lowest BCUT2D eigenvalue weighted by molar-refractivity contribution is -0.385. The Morgan fingerprint density at radius 3 is 2.58 bits per heavy atom. The molecule has 0 bridgehead atoms. The third kappa shape index (κ3) is 3.91. The first-order valence-corrected chi connectivity index (χ1v) is 9.28. The molecular formula is C21H17FN2O7. The average Bonchev–Trinajstić information content (AvgIpc) is 3.54. The Hall–Kier alpha value is -3.95. The van der Waals surface area contributed by atoms with E-state index < -0.39 is 22.1 Å². The molecule has 9 nitrogen and oxygen atoms in total. The monoisotopic (exact) mass is 428 g/mol. The second-order valence-electron chi connectivity index (χ2n) is 7.18. The number of hydrogen-bond acceptors (Lipinski definition) is 7. The summed E-state index contributed by atoms with van der Waals surface area (Å²) in [4.78, 5) is 25.7. The van der Waals surface area contributed by atoms with Gasteiger partial charge in [-0.05, 0) is 31.0 Å². The van der Waals surface area contributed by atoms with Crippen molar-refractivity contribution in [2.45, 2.75) is 12.8 Å². The van der Waals surface area contributed by atoms with Crippen molar-refractivity contribution in [2.24, 2.45) is 5.41 Å². The van der Waals surface area contributed by atoms with Crippen LogP contribution in [0.4, 0.5) is 10.1 Å². The van der Waals surface area contributed by atoms with Gasteiger partial charge in [0.1, 0.15) is 17.8 Å². The maximum absolute atomic E-state index is 14.3. The number of fused-ring (bicyclic) bond motifs is 1. The van der Waals surface area contributed by atoms with Gasteiger partial charge in [0, 0.05) is 23.7 Å². The molecule has 1 N–H and O–H groups in total. The van der Waals surface area contributed by atoms with Crippen LogP contribution in [0.2, 0.25) is 0 Å². The first-order valence-electron chi connectivity index (χ1n) is 9.28. The molecule has 1 fully saturated rings. The molecule has 2 aromatic carbocycles. The normalized spacial score (nSPS) is 14.1. The quantitative estimate of drug-likeness (QED) is 0.416. The van der Waals surface area contributed by atoms with E-state index >= 15 is 0 Å². The lowest BCUT2D eigenvalue weighted by Gasteiger charge is -2.16. The molecule has 1 heterocycles. The lowest BCUT2D eigenvalue weighted by Crippen LogP contribution is -2.23. The summed E-state index contributed by atoms with van der Waals surface area (Å²) in [6.07, 6.45) is 2.56. The van der Waals surface area contributed by atoms with E-state index in [1.165, 1.54) is 25.4 Å². The third-order valence-corrected chi connectivity index (χ3v) is 5.14. The van der Waals surface area contributed by atoms with Gasteiger partial charge in [-0.2, -0.15) is 0 Å². The van der Waals surface area contributed by atoms with E-state index in [-0.39, 0.29) is 23.8 Å². The number of ether oxygens (including phenoxy) is 3. The van der Waals surface area contributed by atoms with E-state index in [4.69, 9.17) is 14.2 Å². The van der Waals surface area contributed by atoms with Crippen molar-refractivity contribution in [3.05, 3.63) is 58.5 Å². The maximum Gasteiger partial charge on any atom is 0.313 e. The van der Waals surface area contributed by atoms with E-state index in [0.29, 0.717) is 35.2 Å². The molecule has 0 atom stereocenters. The van der Waals surface area contributed by atoms with Gasteiger partial charge in [-0.15, -0.1) is 0 Å². The van der Waals surface area contributed by atoms with Crippen molar-refractivity contribution < 1.29 is 33.4 Å². The summed E-state index contributed by atoms with van der Waals surface area (Å²) < 4.78 is 31.0. The summed E-state index contributed by atoms with van der Waals surface area (Å²) in [7, 11) is 1.44. The molecule has 4 rings (SSSR count). The molecule has 10 heteroatoms. The standard InChI is InChI=1S/C21H17FN2O7/c1-29-18-9-13-15(10-19(18)30-11-21(5-6-21)20(25)26)23-7-4-16(13)31-17-3-2-12(24(27)28)8-14(17)22/h2-4,7-10H,5-6,11H2,1H3,(H,25,26). The zero-order valence-electron chi connectivity index (χ0n) is 16.3. The largest absolute Gasteiger partial charge is 0.493 e. The number of nitro groups is 1. The number of nitro benzene ring substituents is 1. The number of hydrogen-bond donors (Lipinski definition) is 1. The number of aromatic nitrogens is 1. The number of halogens is 1. The van der Waals surface area contributed by atoms with E-state index in [2.05, 4.69) is 4.98 Å². The fraction of sp³-hybridized carbons (Fsp3) is 0.238. The molecule has 0 aliphatic heterocycles. The topological polar surface area (TPSA) is 121 Å².